The number of benzene rings is 1. The van der Waals surface area contributed by atoms with Gasteiger partial charge in [0.05, 0.1) is 5.57 Å². The summed E-state index contributed by atoms with van der Waals surface area (Å²) < 4.78 is 43.7. The minimum atomic E-state index is -4.81. The number of hydrogen-bond donors (Lipinski definition) is 1. The first-order valence-corrected chi connectivity index (χ1v) is 6.50. The fourth-order valence-corrected chi connectivity index (χ4v) is 2.48. The first kappa shape index (κ1) is 15.7. The lowest BCUT2D eigenvalue weighted by atomic mass is 9.96. The molecule has 7 heteroatoms. The second kappa shape index (κ2) is 5.26. The fraction of sp³-hybridized carbons (Fsp3) is 0.357. The van der Waals surface area contributed by atoms with E-state index in [0.29, 0.717) is 10.6 Å². The summed E-state index contributed by atoms with van der Waals surface area (Å²) in [6.45, 7) is 3.69. The molecule has 1 atom stereocenters. The molecule has 114 valence electrons. The van der Waals surface area contributed by atoms with Crippen molar-refractivity contribution < 1.29 is 27.8 Å². The van der Waals surface area contributed by atoms with Gasteiger partial charge in [-0.3, -0.25) is 0 Å². The molecule has 1 aliphatic heterocycles. The van der Waals surface area contributed by atoms with Crippen LogP contribution in [0.3, 0.4) is 0 Å². The zero-order valence-electron chi connectivity index (χ0n) is 11.2. The van der Waals surface area contributed by atoms with Crippen molar-refractivity contribution in [2.75, 3.05) is 0 Å². The Balaban J connectivity index is 2.58. The molecule has 0 aliphatic carbocycles. The van der Waals surface area contributed by atoms with Crippen LogP contribution >= 0.6 is 11.6 Å². The average Bonchev–Trinajstić information content (AvgIpc) is 2.34. The van der Waals surface area contributed by atoms with Gasteiger partial charge in [-0.25, -0.2) is 4.79 Å². The Labute approximate surface area is 124 Å². The third-order valence-corrected chi connectivity index (χ3v) is 3.46. The average molecular weight is 321 g/mol. The number of ether oxygens (including phenoxy) is 1. The van der Waals surface area contributed by atoms with Gasteiger partial charge < -0.3 is 9.84 Å². The maximum absolute atomic E-state index is 12.9. The van der Waals surface area contributed by atoms with Crippen molar-refractivity contribution in [1.82, 2.24) is 0 Å². The molecule has 0 saturated carbocycles. The highest BCUT2D eigenvalue weighted by molar-refractivity contribution is 6.31. The SMILES string of the molecule is CC(C)c1cc2c(cc1Cl)C=C(C(=O)O)[C@@H](C(F)(F)F)O2. The molecule has 0 saturated heterocycles. The molecule has 0 aromatic heterocycles. The van der Waals surface area contributed by atoms with E-state index >= 15 is 0 Å². The molecule has 0 bridgehead atoms. The summed E-state index contributed by atoms with van der Waals surface area (Å²) in [5.74, 6) is -1.69. The Morgan fingerprint density at radius 1 is 1.38 bits per heavy atom. The molecule has 1 aromatic carbocycles. The number of alkyl halides is 3. The molecule has 1 aromatic rings. The van der Waals surface area contributed by atoms with Crippen molar-refractivity contribution >= 4 is 23.6 Å². The number of halogens is 4. The smallest absolute Gasteiger partial charge is 0.430 e. The quantitative estimate of drug-likeness (QED) is 0.886. The van der Waals surface area contributed by atoms with E-state index < -0.39 is 23.8 Å². The number of carboxylic acids is 1. The van der Waals surface area contributed by atoms with Crippen LogP contribution in [0.2, 0.25) is 5.02 Å². The second-order valence-corrected chi connectivity index (χ2v) is 5.42. The molecule has 0 amide bonds. The summed E-state index contributed by atoms with van der Waals surface area (Å²) in [5, 5.41) is 9.29. The van der Waals surface area contributed by atoms with Crippen LogP contribution in [0.4, 0.5) is 13.2 Å². The molecule has 0 unspecified atom stereocenters. The van der Waals surface area contributed by atoms with Crippen LogP contribution in [-0.2, 0) is 4.79 Å². The summed E-state index contributed by atoms with van der Waals surface area (Å²) in [5.41, 5.74) is 0.00850. The van der Waals surface area contributed by atoms with E-state index in [-0.39, 0.29) is 17.2 Å². The van der Waals surface area contributed by atoms with E-state index in [0.717, 1.165) is 6.08 Å². The van der Waals surface area contributed by atoms with E-state index in [1.165, 1.54) is 12.1 Å². The third-order valence-electron chi connectivity index (χ3n) is 3.13. The summed E-state index contributed by atoms with van der Waals surface area (Å²) in [7, 11) is 0. The van der Waals surface area contributed by atoms with Gasteiger partial charge in [-0.2, -0.15) is 13.2 Å². The van der Waals surface area contributed by atoms with Gasteiger partial charge in [-0.05, 0) is 29.7 Å². The maximum atomic E-state index is 12.9. The van der Waals surface area contributed by atoms with Gasteiger partial charge in [0.15, 0.2) is 0 Å². The molecular weight excluding hydrogens is 309 g/mol. The lowest BCUT2D eigenvalue weighted by Gasteiger charge is -2.28. The van der Waals surface area contributed by atoms with E-state index in [1.807, 2.05) is 13.8 Å². The van der Waals surface area contributed by atoms with Gasteiger partial charge >= 0.3 is 12.1 Å². The van der Waals surface area contributed by atoms with Crippen molar-refractivity contribution in [2.24, 2.45) is 0 Å². The minimum absolute atomic E-state index is 0.000544. The minimum Gasteiger partial charge on any atom is -0.478 e. The molecule has 1 aliphatic rings. The number of hydrogen-bond acceptors (Lipinski definition) is 2. The van der Waals surface area contributed by atoms with Gasteiger partial charge in [0, 0.05) is 10.6 Å². The largest absolute Gasteiger partial charge is 0.478 e. The van der Waals surface area contributed by atoms with Gasteiger partial charge in [-0.15, -0.1) is 0 Å². The highest BCUT2D eigenvalue weighted by Gasteiger charge is 2.48. The van der Waals surface area contributed by atoms with Gasteiger partial charge in [0.1, 0.15) is 5.75 Å². The summed E-state index contributed by atoms with van der Waals surface area (Å²) in [6.07, 6.45) is -6.34. The highest BCUT2D eigenvalue weighted by atomic mass is 35.5. The molecule has 1 heterocycles. The normalized spacial score (nSPS) is 18.0. The van der Waals surface area contributed by atoms with Crippen molar-refractivity contribution in [1.29, 1.82) is 0 Å². The van der Waals surface area contributed by atoms with Crippen LogP contribution < -0.4 is 4.74 Å². The van der Waals surface area contributed by atoms with Crippen molar-refractivity contribution in [2.45, 2.75) is 32.0 Å². The van der Waals surface area contributed by atoms with Gasteiger partial charge in [0.2, 0.25) is 6.10 Å². The second-order valence-electron chi connectivity index (χ2n) is 5.01. The predicted octanol–water partition coefficient (Wildman–Crippen LogP) is 4.25. The standard InChI is InChI=1S/C14H12ClF3O3/c1-6(2)8-5-11-7(4-10(8)15)3-9(13(19)20)12(21-11)14(16,17)18/h3-6,12H,1-2H3,(H,19,20)/t12-/m0/s1. The van der Waals surface area contributed by atoms with E-state index in [2.05, 4.69) is 0 Å². The first-order valence-electron chi connectivity index (χ1n) is 6.13. The summed E-state index contributed by atoms with van der Waals surface area (Å²) >= 11 is 6.06. The highest BCUT2D eigenvalue weighted by Crippen LogP contribution is 2.40. The van der Waals surface area contributed by atoms with Crippen molar-refractivity contribution in [3.63, 3.8) is 0 Å². The number of aliphatic carboxylic acids is 1. The molecule has 3 nitrogen and oxygen atoms in total. The van der Waals surface area contributed by atoms with Crippen molar-refractivity contribution in [3.8, 4) is 5.75 Å². The topological polar surface area (TPSA) is 46.5 Å². The molecule has 21 heavy (non-hydrogen) atoms. The van der Waals surface area contributed by atoms with Crippen molar-refractivity contribution in [3.05, 3.63) is 33.9 Å². The Bertz CT molecular complexity index is 621. The van der Waals surface area contributed by atoms with Crippen LogP contribution in [0.5, 0.6) is 5.75 Å². The van der Waals surface area contributed by atoms with E-state index in [4.69, 9.17) is 21.4 Å². The van der Waals surface area contributed by atoms with Gasteiger partial charge in [-0.1, -0.05) is 25.4 Å². The molecule has 1 N–H and O–H groups in total. The predicted molar refractivity (Wildman–Crippen MR) is 71.6 cm³/mol. The van der Waals surface area contributed by atoms with Crippen LogP contribution in [0.25, 0.3) is 6.08 Å². The molecular formula is C14H12ClF3O3. The van der Waals surface area contributed by atoms with Crippen LogP contribution in [0.15, 0.2) is 17.7 Å². The van der Waals surface area contributed by atoms with Crippen LogP contribution in [0, 0.1) is 0 Å². The fourth-order valence-electron chi connectivity index (χ4n) is 2.09. The zero-order valence-corrected chi connectivity index (χ0v) is 11.9. The van der Waals surface area contributed by atoms with E-state index in [1.54, 1.807) is 0 Å². The van der Waals surface area contributed by atoms with E-state index in [9.17, 15) is 18.0 Å². The Morgan fingerprint density at radius 3 is 2.48 bits per heavy atom. The van der Waals surface area contributed by atoms with Crippen LogP contribution in [-0.4, -0.2) is 23.4 Å². The molecule has 0 radical (unpaired) electrons. The lowest BCUT2D eigenvalue weighted by Crippen LogP contribution is -2.40. The molecule has 0 spiro atoms. The Morgan fingerprint density at radius 2 is 2.00 bits per heavy atom. The zero-order chi connectivity index (χ0) is 15.9. The molecule has 2 rings (SSSR count). The summed E-state index contributed by atoms with van der Waals surface area (Å²) in [4.78, 5) is 11.0. The Hall–Kier alpha value is -1.69. The van der Waals surface area contributed by atoms with Crippen LogP contribution in [0.1, 0.15) is 30.9 Å². The van der Waals surface area contributed by atoms with Gasteiger partial charge in [0.25, 0.3) is 0 Å². The summed E-state index contributed by atoms with van der Waals surface area (Å²) in [6, 6.07) is 2.85. The third kappa shape index (κ3) is 3.00. The molecule has 0 fully saturated rings. The number of fused-ring (bicyclic) bond motifs is 1. The lowest BCUT2D eigenvalue weighted by molar-refractivity contribution is -0.187. The maximum Gasteiger partial charge on any atom is 0.430 e. The number of rotatable bonds is 2. The first-order chi connectivity index (χ1) is 9.61. The number of carbonyl (C=O) groups is 1. The number of carboxylic acid groups (broad SMARTS) is 1. The Kier molecular flexibility index (Phi) is 3.93. The monoisotopic (exact) mass is 320 g/mol.